The molecule has 30 heavy (non-hydrogen) atoms. The number of anilines is 1. The Kier molecular flexibility index (Phi) is 5.03. The van der Waals surface area contributed by atoms with Crippen LogP contribution in [0.15, 0.2) is 42.5 Å². The highest BCUT2D eigenvalue weighted by Gasteiger charge is 2.49. The van der Waals surface area contributed by atoms with E-state index in [1.54, 1.807) is 6.92 Å². The minimum atomic E-state index is -1.23. The van der Waals surface area contributed by atoms with E-state index < -0.39 is 23.4 Å². The molecule has 1 unspecified atom stereocenters. The Morgan fingerprint density at radius 2 is 1.93 bits per heavy atom. The Balaban J connectivity index is 1.53. The van der Waals surface area contributed by atoms with Crippen molar-refractivity contribution in [1.29, 1.82) is 0 Å². The van der Waals surface area contributed by atoms with E-state index in [2.05, 4.69) is 15.6 Å². The molecule has 1 saturated heterocycles. The van der Waals surface area contributed by atoms with E-state index in [0.717, 1.165) is 32.7 Å². The largest absolute Gasteiger partial charge is 0.325 e. The molecule has 0 saturated carbocycles. The Morgan fingerprint density at radius 3 is 2.63 bits per heavy atom. The van der Waals surface area contributed by atoms with Crippen LogP contribution >= 0.6 is 11.3 Å². The highest BCUT2D eigenvalue weighted by molar-refractivity contribution is 7.15. The van der Waals surface area contributed by atoms with Crippen molar-refractivity contribution in [2.75, 3.05) is 11.9 Å². The number of amides is 4. The van der Waals surface area contributed by atoms with Gasteiger partial charge in [0.1, 0.15) is 12.1 Å². The molecule has 154 valence electrons. The fourth-order valence-corrected chi connectivity index (χ4v) is 4.57. The lowest BCUT2D eigenvalue weighted by molar-refractivity contribution is -0.133. The third-order valence-corrected chi connectivity index (χ3v) is 6.31. The fraction of sp³-hybridized carbons (Fsp3) is 0.273. The summed E-state index contributed by atoms with van der Waals surface area (Å²) in [5.41, 5.74) is 0.369. The molecule has 2 aromatic carbocycles. The van der Waals surface area contributed by atoms with Crippen LogP contribution in [-0.4, -0.2) is 34.3 Å². The number of aryl methyl sites for hydroxylation is 2. The lowest BCUT2D eigenvalue weighted by Crippen LogP contribution is -2.42. The molecule has 0 bridgehead atoms. The van der Waals surface area contributed by atoms with Crippen LogP contribution in [0.1, 0.15) is 30.0 Å². The SMILES string of the molecule is CCc1nc(NC(=O)CN2C(=O)NC(C)(c3ccc4ccccc4c3)C2=O)sc1C. The first-order valence-corrected chi connectivity index (χ1v) is 10.5. The third-order valence-electron chi connectivity index (χ3n) is 5.38. The molecule has 4 rings (SSSR count). The number of hydrogen-bond acceptors (Lipinski definition) is 5. The number of carbonyl (C=O) groups is 3. The van der Waals surface area contributed by atoms with Crippen LogP contribution in [0.25, 0.3) is 10.8 Å². The van der Waals surface area contributed by atoms with E-state index in [1.807, 2.05) is 56.3 Å². The molecule has 1 aliphatic heterocycles. The Hall–Kier alpha value is -3.26. The second kappa shape index (κ2) is 7.53. The van der Waals surface area contributed by atoms with Crippen molar-refractivity contribution >= 4 is 45.1 Å². The van der Waals surface area contributed by atoms with E-state index in [4.69, 9.17) is 0 Å². The van der Waals surface area contributed by atoms with Crippen LogP contribution in [-0.2, 0) is 21.5 Å². The number of thiazole rings is 1. The fourth-order valence-electron chi connectivity index (χ4n) is 3.65. The lowest BCUT2D eigenvalue weighted by atomic mass is 9.90. The van der Waals surface area contributed by atoms with Crippen molar-refractivity contribution in [1.82, 2.24) is 15.2 Å². The predicted octanol–water partition coefficient (Wildman–Crippen LogP) is 3.57. The number of nitrogens with zero attached hydrogens (tertiary/aromatic N) is 2. The van der Waals surface area contributed by atoms with Crippen LogP contribution in [0.3, 0.4) is 0 Å². The summed E-state index contributed by atoms with van der Waals surface area (Å²) < 4.78 is 0. The summed E-state index contributed by atoms with van der Waals surface area (Å²) in [6.45, 7) is 5.23. The third kappa shape index (κ3) is 3.43. The molecule has 7 nitrogen and oxygen atoms in total. The Labute approximate surface area is 178 Å². The van der Waals surface area contributed by atoms with Crippen molar-refractivity contribution in [3.63, 3.8) is 0 Å². The van der Waals surface area contributed by atoms with E-state index in [9.17, 15) is 14.4 Å². The highest BCUT2D eigenvalue weighted by Crippen LogP contribution is 2.31. The van der Waals surface area contributed by atoms with Gasteiger partial charge in [-0.2, -0.15) is 0 Å². The van der Waals surface area contributed by atoms with E-state index in [0.29, 0.717) is 10.7 Å². The van der Waals surface area contributed by atoms with Crippen molar-refractivity contribution in [3.05, 3.63) is 58.6 Å². The molecule has 0 aliphatic carbocycles. The zero-order valence-corrected chi connectivity index (χ0v) is 17.8. The summed E-state index contributed by atoms with van der Waals surface area (Å²) in [5.74, 6) is -0.917. The van der Waals surface area contributed by atoms with Gasteiger partial charge in [0.25, 0.3) is 5.91 Å². The molecule has 2 N–H and O–H groups in total. The van der Waals surface area contributed by atoms with Crippen molar-refractivity contribution in [3.8, 4) is 0 Å². The van der Waals surface area contributed by atoms with Gasteiger partial charge in [-0.3, -0.25) is 14.5 Å². The molecule has 3 aromatic rings. The average molecular weight is 423 g/mol. The summed E-state index contributed by atoms with van der Waals surface area (Å²) in [5, 5.41) is 7.93. The first-order valence-electron chi connectivity index (χ1n) is 9.71. The maximum atomic E-state index is 13.1. The summed E-state index contributed by atoms with van der Waals surface area (Å²) in [7, 11) is 0. The quantitative estimate of drug-likeness (QED) is 0.615. The van der Waals surface area contributed by atoms with Gasteiger partial charge in [0, 0.05) is 4.88 Å². The van der Waals surface area contributed by atoms with Gasteiger partial charge in [0.15, 0.2) is 5.13 Å². The number of urea groups is 1. The zero-order valence-electron chi connectivity index (χ0n) is 17.0. The predicted molar refractivity (Wildman–Crippen MR) is 116 cm³/mol. The molecule has 2 heterocycles. The van der Waals surface area contributed by atoms with Gasteiger partial charge < -0.3 is 10.6 Å². The second-order valence-corrected chi connectivity index (χ2v) is 8.64. The average Bonchev–Trinajstić information content (AvgIpc) is 3.19. The number of carbonyl (C=O) groups excluding carboxylic acids is 3. The Morgan fingerprint density at radius 1 is 1.20 bits per heavy atom. The van der Waals surface area contributed by atoms with Gasteiger partial charge in [-0.25, -0.2) is 9.78 Å². The molecular weight excluding hydrogens is 400 g/mol. The number of aromatic nitrogens is 1. The number of rotatable bonds is 5. The first-order chi connectivity index (χ1) is 14.3. The highest BCUT2D eigenvalue weighted by atomic mass is 32.1. The van der Waals surface area contributed by atoms with Crippen LogP contribution in [0.5, 0.6) is 0 Å². The van der Waals surface area contributed by atoms with Crippen molar-refractivity contribution < 1.29 is 14.4 Å². The van der Waals surface area contributed by atoms with Gasteiger partial charge in [0.05, 0.1) is 5.69 Å². The van der Waals surface area contributed by atoms with Gasteiger partial charge in [0.2, 0.25) is 5.91 Å². The maximum absolute atomic E-state index is 13.1. The lowest BCUT2D eigenvalue weighted by Gasteiger charge is -2.22. The van der Waals surface area contributed by atoms with Crippen molar-refractivity contribution in [2.45, 2.75) is 32.7 Å². The second-order valence-electron chi connectivity index (χ2n) is 7.43. The van der Waals surface area contributed by atoms with Crippen molar-refractivity contribution in [2.24, 2.45) is 0 Å². The summed E-state index contributed by atoms with van der Waals surface area (Å²) in [4.78, 5) is 44.5. The number of benzene rings is 2. The van der Waals surface area contributed by atoms with E-state index >= 15 is 0 Å². The van der Waals surface area contributed by atoms with Gasteiger partial charge in [-0.05, 0) is 42.7 Å². The van der Waals surface area contributed by atoms with Gasteiger partial charge >= 0.3 is 6.03 Å². The number of hydrogen-bond donors (Lipinski definition) is 2. The van der Waals surface area contributed by atoms with Crippen LogP contribution in [0.2, 0.25) is 0 Å². The molecule has 4 amide bonds. The molecular formula is C22H22N4O3S. The molecule has 0 radical (unpaired) electrons. The minimum Gasteiger partial charge on any atom is -0.319 e. The monoisotopic (exact) mass is 422 g/mol. The zero-order chi connectivity index (χ0) is 21.5. The van der Waals surface area contributed by atoms with Gasteiger partial charge in [-0.1, -0.05) is 43.3 Å². The smallest absolute Gasteiger partial charge is 0.319 e. The normalized spacial score (nSPS) is 18.7. The topological polar surface area (TPSA) is 91.4 Å². The number of nitrogens with one attached hydrogen (secondary N) is 2. The molecule has 8 heteroatoms. The van der Waals surface area contributed by atoms with E-state index in [-0.39, 0.29) is 6.54 Å². The number of imide groups is 1. The molecule has 1 atom stereocenters. The van der Waals surface area contributed by atoms with E-state index in [1.165, 1.54) is 11.3 Å². The Bertz CT molecular complexity index is 1170. The minimum absolute atomic E-state index is 0.367. The molecule has 1 aromatic heterocycles. The summed E-state index contributed by atoms with van der Waals surface area (Å²) in [6.07, 6.45) is 0.773. The van der Waals surface area contributed by atoms with Crippen LogP contribution < -0.4 is 10.6 Å². The summed E-state index contributed by atoms with van der Waals surface area (Å²) in [6, 6.07) is 12.9. The van der Waals surface area contributed by atoms with Gasteiger partial charge in [-0.15, -0.1) is 11.3 Å². The standard InChI is InChI=1S/C22H22N4O3S/c1-4-17-13(2)30-20(23-17)24-18(27)12-26-19(28)22(3,25-21(26)29)16-10-9-14-7-5-6-8-15(14)11-16/h5-11H,4,12H2,1-3H3,(H,25,29)(H,23,24,27). The molecule has 1 aliphatic rings. The number of fused-ring (bicyclic) bond motifs is 1. The first kappa shape index (κ1) is 20.0. The molecule has 0 spiro atoms. The molecule has 1 fully saturated rings. The maximum Gasteiger partial charge on any atom is 0.325 e. The van der Waals surface area contributed by atoms with Crippen LogP contribution in [0, 0.1) is 6.92 Å². The van der Waals surface area contributed by atoms with Crippen LogP contribution in [0.4, 0.5) is 9.93 Å². The summed E-state index contributed by atoms with van der Waals surface area (Å²) >= 11 is 1.38.